The summed E-state index contributed by atoms with van der Waals surface area (Å²) in [5, 5.41) is 0. The molecule has 3 aliphatic heterocycles. The minimum Gasteiger partial charge on any atom is -0.491 e. The number of anilines is 1. The van der Waals surface area contributed by atoms with Crippen molar-refractivity contribution in [2.24, 2.45) is 0 Å². The molecule has 0 radical (unpaired) electrons. The summed E-state index contributed by atoms with van der Waals surface area (Å²) in [7, 11) is 0. The van der Waals surface area contributed by atoms with Gasteiger partial charge in [-0.05, 0) is 45.8 Å². The molecule has 3 aromatic rings. The Morgan fingerprint density at radius 3 is 2.64 bits per heavy atom. The Morgan fingerprint density at radius 1 is 1.00 bits per heavy atom. The van der Waals surface area contributed by atoms with E-state index >= 15 is 0 Å². The fourth-order valence-corrected chi connectivity index (χ4v) is 5.79. The largest absolute Gasteiger partial charge is 0.491 e. The maximum absolute atomic E-state index is 13.8. The number of ether oxygens (including phenoxy) is 3. The van der Waals surface area contributed by atoms with Crippen molar-refractivity contribution < 1.29 is 19.0 Å². The Hall–Kier alpha value is -2.51. The first-order valence-electron chi connectivity index (χ1n) is 8.89. The average Bonchev–Trinajstić information content (AvgIpc) is 3.45. The lowest BCUT2D eigenvalue weighted by Crippen LogP contribution is -2.42. The molecule has 2 aromatic carbocycles. The minimum absolute atomic E-state index is 0.0378. The molecule has 0 saturated heterocycles. The number of hydrogen-bond acceptors (Lipinski definition) is 5. The predicted octanol–water partition coefficient (Wildman–Crippen LogP) is 4.46. The van der Waals surface area contributed by atoms with Gasteiger partial charge in [0, 0.05) is 22.2 Å². The molecule has 3 aliphatic rings. The van der Waals surface area contributed by atoms with Crippen molar-refractivity contribution in [3.63, 3.8) is 0 Å². The normalized spacial score (nSPS) is 21.2. The van der Waals surface area contributed by atoms with E-state index < -0.39 is 5.41 Å². The lowest BCUT2D eigenvalue weighted by atomic mass is 9.77. The van der Waals surface area contributed by atoms with Gasteiger partial charge in [0.25, 0.3) is 0 Å². The van der Waals surface area contributed by atoms with E-state index in [-0.39, 0.29) is 19.3 Å². The molecule has 0 bridgehead atoms. The van der Waals surface area contributed by atoms with Gasteiger partial charge in [-0.15, -0.1) is 11.3 Å². The Bertz CT molecular complexity index is 1140. The van der Waals surface area contributed by atoms with E-state index in [1.807, 2.05) is 53.4 Å². The molecule has 5 nitrogen and oxygen atoms in total. The summed E-state index contributed by atoms with van der Waals surface area (Å²) < 4.78 is 18.1. The molecular weight excluding hydrogens is 442 g/mol. The van der Waals surface area contributed by atoms with Crippen LogP contribution in [0.4, 0.5) is 5.69 Å². The van der Waals surface area contributed by atoms with Crippen LogP contribution in [0.25, 0.3) is 0 Å². The van der Waals surface area contributed by atoms with E-state index in [9.17, 15) is 4.79 Å². The summed E-state index contributed by atoms with van der Waals surface area (Å²) >= 11 is 5.15. The topological polar surface area (TPSA) is 48.0 Å². The number of benzene rings is 2. The maximum Gasteiger partial charge on any atom is 0.246 e. The van der Waals surface area contributed by atoms with Gasteiger partial charge in [-0.2, -0.15) is 0 Å². The van der Waals surface area contributed by atoms with Crippen molar-refractivity contribution in [1.29, 1.82) is 0 Å². The number of nitrogens with zero attached hydrogens (tertiary/aromatic N) is 1. The predicted molar refractivity (Wildman–Crippen MR) is 108 cm³/mol. The fraction of sp³-hybridized carbons (Fsp3) is 0.190. The fourth-order valence-electron chi connectivity index (χ4n) is 4.31. The van der Waals surface area contributed by atoms with Crippen LogP contribution in [0, 0.1) is 0 Å². The van der Waals surface area contributed by atoms with Crippen LogP contribution in [0.1, 0.15) is 16.0 Å². The molecule has 1 unspecified atom stereocenters. The highest BCUT2D eigenvalue weighted by molar-refractivity contribution is 9.11. The van der Waals surface area contributed by atoms with Crippen LogP contribution in [0.5, 0.6) is 17.2 Å². The van der Waals surface area contributed by atoms with Crippen molar-refractivity contribution in [2.75, 3.05) is 18.3 Å². The van der Waals surface area contributed by atoms with Gasteiger partial charge >= 0.3 is 0 Å². The Balaban J connectivity index is 1.51. The van der Waals surface area contributed by atoms with Crippen molar-refractivity contribution in [3.05, 3.63) is 68.3 Å². The first-order valence-corrected chi connectivity index (χ1v) is 10.5. The van der Waals surface area contributed by atoms with E-state index in [2.05, 4.69) is 15.9 Å². The summed E-state index contributed by atoms with van der Waals surface area (Å²) in [5.74, 6) is 2.05. The number of para-hydroxylation sites is 1. The molecule has 0 saturated carbocycles. The molecule has 4 heterocycles. The van der Waals surface area contributed by atoms with Crippen LogP contribution in [0.2, 0.25) is 0 Å². The van der Waals surface area contributed by atoms with Crippen LogP contribution in [0.15, 0.2) is 52.3 Å². The number of carbonyl (C=O) groups excluding carboxylic acids is 1. The van der Waals surface area contributed by atoms with Crippen LogP contribution >= 0.6 is 27.3 Å². The minimum atomic E-state index is -0.846. The summed E-state index contributed by atoms with van der Waals surface area (Å²) in [6, 6.07) is 15.8. The molecule has 0 N–H and O–H groups in total. The first-order chi connectivity index (χ1) is 13.7. The van der Waals surface area contributed by atoms with Gasteiger partial charge in [-0.3, -0.25) is 4.79 Å². The summed E-state index contributed by atoms with van der Waals surface area (Å²) in [6.45, 7) is 1.01. The monoisotopic (exact) mass is 455 g/mol. The molecule has 0 aliphatic carbocycles. The van der Waals surface area contributed by atoms with Gasteiger partial charge in [0.05, 0.1) is 10.3 Å². The third kappa shape index (κ3) is 2.08. The molecule has 0 fully saturated rings. The second kappa shape index (κ2) is 5.75. The molecular formula is C21H14BrNO4S. The van der Waals surface area contributed by atoms with E-state index in [1.54, 1.807) is 11.3 Å². The number of hydrogen-bond donors (Lipinski definition) is 0. The number of rotatable bonds is 2. The lowest BCUT2D eigenvalue weighted by Gasteiger charge is -2.23. The molecule has 140 valence electrons. The first kappa shape index (κ1) is 16.4. The van der Waals surface area contributed by atoms with Gasteiger partial charge in [-0.25, -0.2) is 0 Å². The smallest absolute Gasteiger partial charge is 0.246 e. The highest BCUT2D eigenvalue weighted by Gasteiger charge is 2.57. The van der Waals surface area contributed by atoms with E-state index in [1.165, 1.54) is 0 Å². The van der Waals surface area contributed by atoms with Crippen LogP contribution < -0.4 is 19.1 Å². The molecule has 1 aromatic heterocycles. The van der Waals surface area contributed by atoms with Gasteiger partial charge in [-0.1, -0.05) is 18.2 Å². The summed E-state index contributed by atoms with van der Waals surface area (Å²) in [6.07, 6.45) is 0. The molecule has 1 spiro atoms. The number of carbonyl (C=O) groups is 1. The zero-order chi connectivity index (χ0) is 18.9. The van der Waals surface area contributed by atoms with Crippen LogP contribution in [-0.2, 0) is 16.8 Å². The average molecular weight is 456 g/mol. The van der Waals surface area contributed by atoms with Gasteiger partial charge in [0.2, 0.25) is 12.7 Å². The number of thiophene rings is 1. The molecule has 1 amide bonds. The standard InChI is InChI=1S/C21H14BrNO4S/c22-19-6-5-12(28-19)9-23-15-4-2-1-3-13(15)21(20(23)24)10-25-16-8-18-17(7-14(16)21)26-11-27-18/h1-8H,9-11H2. The van der Waals surface area contributed by atoms with Crippen molar-refractivity contribution in [1.82, 2.24) is 0 Å². The van der Waals surface area contributed by atoms with Crippen LogP contribution in [-0.4, -0.2) is 19.3 Å². The lowest BCUT2D eigenvalue weighted by molar-refractivity contribution is -0.122. The van der Waals surface area contributed by atoms with E-state index in [0.717, 1.165) is 25.5 Å². The van der Waals surface area contributed by atoms with Crippen molar-refractivity contribution in [3.8, 4) is 17.2 Å². The number of amides is 1. The quantitative estimate of drug-likeness (QED) is 0.571. The zero-order valence-electron chi connectivity index (χ0n) is 14.6. The molecule has 6 rings (SSSR count). The highest BCUT2D eigenvalue weighted by Crippen LogP contribution is 2.55. The maximum atomic E-state index is 13.8. The van der Waals surface area contributed by atoms with E-state index in [4.69, 9.17) is 14.2 Å². The Kier molecular flexibility index (Phi) is 3.38. The number of halogens is 1. The highest BCUT2D eigenvalue weighted by atomic mass is 79.9. The SMILES string of the molecule is O=C1N(Cc2ccc(Br)s2)c2ccccc2C12COc1cc3c(cc12)OCO3. The summed E-state index contributed by atoms with van der Waals surface area (Å²) in [4.78, 5) is 16.8. The molecule has 1 atom stereocenters. The second-order valence-electron chi connectivity index (χ2n) is 7.01. The van der Waals surface area contributed by atoms with Gasteiger partial charge < -0.3 is 19.1 Å². The second-order valence-corrected chi connectivity index (χ2v) is 9.56. The third-order valence-electron chi connectivity index (χ3n) is 5.59. The zero-order valence-corrected chi connectivity index (χ0v) is 17.0. The van der Waals surface area contributed by atoms with Gasteiger partial charge in [0.15, 0.2) is 11.5 Å². The third-order valence-corrected chi connectivity index (χ3v) is 7.19. The van der Waals surface area contributed by atoms with Gasteiger partial charge in [0.1, 0.15) is 17.8 Å². The summed E-state index contributed by atoms with van der Waals surface area (Å²) in [5.41, 5.74) is 1.92. The Labute approximate surface area is 173 Å². The van der Waals surface area contributed by atoms with Crippen molar-refractivity contribution >= 4 is 38.9 Å². The van der Waals surface area contributed by atoms with Crippen molar-refractivity contribution in [2.45, 2.75) is 12.0 Å². The number of fused-ring (bicyclic) bond motifs is 5. The Morgan fingerprint density at radius 2 is 1.82 bits per heavy atom. The van der Waals surface area contributed by atoms with E-state index in [0.29, 0.717) is 23.8 Å². The molecule has 7 heteroatoms. The van der Waals surface area contributed by atoms with Crippen LogP contribution in [0.3, 0.4) is 0 Å². The molecule has 28 heavy (non-hydrogen) atoms.